The molecule has 0 saturated carbocycles. The molecule has 20 heavy (non-hydrogen) atoms. The maximum atomic E-state index is 12.6. The average Bonchev–Trinajstić information content (AvgIpc) is 2.34. The van der Waals surface area contributed by atoms with E-state index in [4.69, 9.17) is 0 Å². The Morgan fingerprint density at radius 3 is 2.30 bits per heavy atom. The predicted octanol–water partition coefficient (Wildman–Crippen LogP) is 2.64. The quantitative estimate of drug-likeness (QED) is 0.838. The molecule has 0 N–H and O–H groups in total. The summed E-state index contributed by atoms with van der Waals surface area (Å²) in [6.07, 6.45) is 3.92. The standard InChI is InChI=1S/C15H19NO3S/c1-3-11-16(15(17)13-5-4-6-13)20(18,19)14-9-7-12(2)8-10-14/h5,7-10H,3-4,6,11H2,1-2H3. The highest BCUT2D eigenvalue weighted by molar-refractivity contribution is 7.89. The van der Waals surface area contributed by atoms with Crippen molar-refractivity contribution in [2.45, 2.75) is 38.0 Å². The highest BCUT2D eigenvalue weighted by Crippen LogP contribution is 2.25. The Kier molecular flexibility index (Phi) is 4.28. The number of sulfonamides is 1. The first-order valence-corrected chi connectivity index (χ1v) is 8.23. The van der Waals surface area contributed by atoms with Gasteiger partial charge < -0.3 is 0 Å². The molecule has 1 aliphatic rings. The summed E-state index contributed by atoms with van der Waals surface area (Å²) in [6.45, 7) is 3.97. The average molecular weight is 293 g/mol. The first kappa shape index (κ1) is 14.8. The lowest BCUT2D eigenvalue weighted by atomic mass is 9.98. The SMILES string of the molecule is CCCN(C(=O)C1=CCC1)S(=O)(=O)c1ccc(C)cc1. The second-order valence-corrected chi connectivity index (χ2v) is 6.83. The summed E-state index contributed by atoms with van der Waals surface area (Å²) >= 11 is 0. The Balaban J connectivity index is 2.36. The molecule has 0 atom stereocenters. The van der Waals surface area contributed by atoms with Crippen molar-refractivity contribution in [2.24, 2.45) is 0 Å². The van der Waals surface area contributed by atoms with Gasteiger partial charge in [0.25, 0.3) is 15.9 Å². The predicted molar refractivity (Wildman–Crippen MR) is 77.7 cm³/mol. The Morgan fingerprint density at radius 1 is 1.25 bits per heavy atom. The number of hydrogen-bond acceptors (Lipinski definition) is 3. The van der Waals surface area contributed by atoms with Gasteiger partial charge in [0, 0.05) is 12.1 Å². The maximum Gasteiger partial charge on any atom is 0.266 e. The first-order chi connectivity index (χ1) is 9.46. The van der Waals surface area contributed by atoms with Crippen molar-refractivity contribution in [1.82, 2.24) is 4.31 Å². The number of carbonyl (C=O) groups is 1. The van der Waals surface area contributed by atoms with Crippen LogP contribution in [0.1, 0.15) is 31.7 Å². The highest BCUT2D eigenvalue weighted by atomic mass is 32.2. The molecule has 4 nitrogen and oxygen atoms in total. The molecule has 0 fully saturated rings. The molecule has 1 aromatic carbocycles. The van der Waals surface area contributed by atoms with E-state index in [9.17, 15) is 13.2 Å². The van der Waals surface area contributed by atoms with E-state index in [0.29, 0.717) is 18.4 Å². The van der Waals surface area contributed by atoms with E-state index in [2.05, 4.69) is 0 Å². The molecule has 0 bridgehead atoms. The maximum absolute atomic E-state index is 12.6. The molecule has 1 aromatic rings. The third-order valence-corrected chi connectivity index (χ3v) is 5.14. The lowest BCUT2D eigenvalue weighted by Gasteiger charge is -2.25. The summed E-state index contributed by atoms with van der Waals surface area (Å²) in [4.78, 5) is 12.5. The molecule has 0 saturated heterocycles. The zero-order valence-corrected chi connectivity index (χ0v) is 12.6. The summed E-state index contributed by atoms with van der Waals surface area (Å²) in [6, 6.07) is 6.58. The van der Waals surface area contributed by atoms with Gasteiger partial charge in [-0.15, -0.1) is 0 Å². The minimum atomic E-state index is -3.76. The monoisotopic (exact) mass is 293 g/mol. The number of amides is 1. The van der Waals surface area contributed by atoms with Crippen LogP contribution < -0.4 is 0 Å². The summed E-state index contributed by atoms with van der Waals surface area (Å²) in [5.41, 5.74) is 1.59. The van der Waals surface area contributed by atoms with E-state index < -0.39 is 10.0 Å². The van der Waals surface area contributed by atoms with Crippen LogP contribution in [0.15, 0.2) is 40.8 Å². The fourth-order valence-electron chi connectivity index (χ4n) is 2.01. The van der Waals surface area contributed by atoms with Gasteiger partial charge in [0.15, 0.2) is 0 Å². The van der Waals surface area contributed by atoms with Crippen molar-refractivity contribution < 1.29 is 13.2 Å². The third-order valence-electron chi connectivity index (χ3n) is 3.34. The van der Waals surface area contributed by atoms with Crippen molar-refractivity contribution >= 4 is 15.9 Å². The van der Waals surface area contributed by atoms with E-state index in [0.717, 1.165) is 16.3 Å². The molecule has 2 rings (SSSR count). The van der Waals surface area contributed by atoms with Gasteiger partial charge in [-0.05, 0) is 38.3 Å². The van der Waals surface area contributed by atoms with Crippen LogP contribution >= 0.6 is 0 Å². The Hall–Kier alpha value is -1.62. The normalized spacial score (nSPS) is 14.4. The number of carbonyl (C=O) groups excluding carboxylic acids is 1. The summed E-state index contributed by atoms with van der Waals surface area (Å²) < 4.78 is 26.2. The number of nitrogens with zero attached hydrogens (tertiary/aromatic N) is 1. The van der Waals surface area contributed by atoms with Gasteiger partial charge >= 0.3 is 0 Å². The van der Waals surface area contributed by atoms with Crippen LogP contribution in [-0.4, -0.2) is 25.2 Å². The number of hydrogen-bond donors (Lipinski definition) is 0. The Bertz CT molecular complexity index is 630. The molecule has 1 amide bonds. The van der Waals surface area contributed by atoms with Crippen LogP contribution in [0.4, 0.5) is 0 Å². The number of benzene rings is 1. The minimum Gasteiger partial charge on any atom is -0.268 e. The lowest BCUT2D eigenvalue weighted by Crippen LogP contribution is -2.39. The van der Waals surface area contributed by atoms with Crippen molar-refractivity contribution in [1.29, 1.82) is 0 Å². The molecule has 0 unspecified atom stereocenters. The lowest BCUT2D eigenvalue weighted by molar-refractivity contribution is -0.123. The van der Waals surface area contributed by atoms with Crippen molar-refractivity contribution in [3.8, 4) is 0 Å². The zero-order valence-electron chi connectivity index (χ0n) is 11.8. The molecule has 1 aliphatic carbocycles. The van der Waals surface area contributed by atoms with Crippen LogP contribution in [0, 0.1) is 6.92 Å². The van der Waals surface area contributed by atoms with E-state index >= 15 is 0 Å². The van der Waals surface area contributed by atoms with Crippen LogP contribution in [-0.2, 0) is 14.8 Å². The smallest absolute Gasteiger partial charge is 0.266 e. The van der Waals surface area contributed by atoms with Crippen LogP contribution in [0.3, 0.4) is 0 Å². The van der Waals surface area contributed by atoms with E-state index in [1.807, 2.05) is 13.8 Å². The summed E-state index contributed by atoms with van der Waals surface area (Å²) in [5.74, 6) is -0.376. The molecule has 108 valence electrons. The Morgan fingerprint density at radius 2 is 1.85 bits per heavy atom. The van der Waals surface area contributed by atoms with Gasteiger partial charge in [-0.3, -0.25) is 4.79 Å². The summed E-state index contributed by atoms with van der Waals surface area (Å²) in [7, 11) is -3.76. The van der Waals surface area contributed by atoms with Crippen molar-refractivity contribution in [3.05, 3.63) is 41.5 Å². The second kappa shape index (κ2) is 5.79. The molecular weight excluding hydrogens is 274 g/mol. The minimum absolute atomic E-state index is 0.171. The molecule has 0 spiro atoms. The van der Waals surface area contributed by atoms with Crippen molar-refractivity contribution in [3.63, 3.8) is 0 Å². The molecule has 0 aromatic heterocycles. The van der Waals surface area contributed by atoms with Crippen LogP contribution in [0.25, 0.3) is 0 Å². The van der Waals surface area contributed by atoms with Gasteiger partial charge in [0.05, 0.1) is 4.90 Å². The third kappa shape index (κ3) is 2.77. The summed E-state index contributed by atoms with van der Waals surface area (Å²) in [5, 5.41) is 0. The number of allylic oxidation sites excluding steroid dienone is 1. The van der Waals surface area contributed by atoms with Gasteiger partial charge in [-0.2, -0.15) is 0 Å². The van der Waals surface area contributed by atoms with E-state index in [1.165, 1.54) is 0 Å². The van der Waals surface area contributed by atoms with E-state index in [1.54, 1.807) is 30.3 Å². The van der Waals surface area contributed by atoms with Gasteiger partial charge in [-0.25, -0.2) is 12.7 Å². The molecule has 0 aliphatic heterocycles. The molecule has 0 radical (unpaired) electrons. The first-order valence-electron chi connectivity index (χ1n) is 6.79. The van der Waals surface area contributed by atoms with Gasteiger partial charge in [0.1, 0.15) is 0 Å². The van der Waals surface area contributed by atoms with Crippen molar-refractivity contribution in [2.75, 3.05) is 6.54 Å². The number of aryl methyl sites for hydroxylation is 1. The topological polar surface area (TPSA) is 54.5 Å². The fourth-order valence-corrected chi connectivity index (χ4v) is 3.51. The van der Waals surface area contributed by atoms with Gasteiger partial charge in [-0.1, -0.05) is 30.7 Å². The largest absolute Gasteiger partial charge is 0.268 e. The van der Waals surface area contributed by atoms with Gasteiger partial charge in [0.2, 0.25) is 0 Å². The molecule has 0 heterocycles. The number of rotatable bonds is 5. The van der Waals surface area contributed by atoms with E-state index in [-0.39, 0.29) is 17.3 Å². The zero-order chi connectivity index (χ0) is 14.8. The molecule has 5 heteroatoms. The van der Waals surface area contributed by atoms with Crippen LogP contribution in [0.5, 0.6) is 0 Å². The fraction of sp³-hybridized carbons (Fsp3) is 0.400. The Labute approximate surface area is 120 Å². The van der Waals surface area contributed by atoms with Crippen LogP contribution in [0.2, 0.25) is 0 Å². The molecular formula is C15H19NO3S. The highest BCUT2D eigenvalue weighted by Gasteiger charge is 2.31. The second-order valence-electron chi connectivity index (χ2n) is 4.96.